The minimum absolute atomic E-state index is 0.0241. The molecule has 11 heteroatoms. The summed E-state index contributed by atoms with van der Waals surface area (Å²) in [6.07, 6.45) is -0.431. The van der Waals surface area contributed by atoms with E-state index in [2.05, 4.69) is 0 Å². The molecule has 46 heavy (non-hydrogen) atoms. The fraction of sp³-hybridized carbons (Fsp3) is 0.229. The van der Waals surface area contributed by atoms with Crippen molar-refractivity contribution in [3.8, 4) is 45.8 Å². The molecule has 0 atom stereocenters. The maximum absolute atomic E-state index is 14.6. The molecule has 0 fully saturated rings. The lowest BCUT2D eigenvalue weighted by atomic mass is 10.1. The van der Waals surface area contributed by atoms with E-state index in [-0.39, 0.29) is 51.2 Å². The van der Waals surface area contributed by atoms with Crippen LogP contribution >= 0.6 is 0 Å². The summed E-state index contributed by atoms with van der Waals surface area (Å²) in [5.41, 5.74) is 1.14. The van der Waals surface area contributed by atoms with Gasteiger partial charge in [0, 0.05) is 5.56 Å². The van der Waals surface area contributed by atoms with Gasteiger partial charge in [0.25, 0.3) is 0 Å². The highest BCUT2D eigenvalue weighted by molar-refractivity contribution is 7.87. The van der Waals surface area contributed by atoms with Gasteiger partial charge in [-0.2, -0.15) is 8.42 Å². The van der Waals surface area contributed by atoms with Crippen LogP contribution in [0.25, 0.3) is 22.3 Å². The van der Waals surface area contributed by atoms with Gasteiger partial charge in [-0.05, 0) is 62.7 Å². The topological polar surface area (TPSA) is 120 Å². The Balaban J connectivity index is 1.86. The summed E-state index contributed by atoms with van der Waals surface area (Å²) in [4.78, 5) is 14.5. The minimum Gasteiger partial charge on any atom is -0.497 e. The lowest BCUT2D eigenvalue weighted by Crippen LogP contribution is -2.19. The molecule has 240 valence electrons. The molecule has 0 saturated heterocycles. The van der Waals surface area contributed by atoms with Crippen molar-refractivity contribution >= 4 is 21.1 Å². The molecule has 10 nitrogen and oxygen atoms in total. The van der Waals surface area contributed by atoms with Crippen molar-refractivity contribution < 1.29 is 40.7 Å². The minimum atomic E-state index is -4.50. The summed E-state index contributed by atoms with van der Waals surface area (Å²) in [7, 11) is -0.168. The molecule has 5 aromatic rings. The molecule has 0 saturated carbocycles. The average Bonchev–Trinajstić information content (AvgIpc) is 3.05. The Bertz CT molecular complexity index is 2000. The van der Waals surface area contributed by atoms with E-state index in [1.807, 2.05) is 37.3 Å². The first kappa shape index (κ1) is 32.2. The molecule has 5 rings (SSSR count). The first-order valence-electron chi connectivity index (χ1n) is 14.4. The van der Waals surface area contributed by atoms with Crippen molar-refractivity contribution in [1.29, 1.82) is 0 Å². The van der Waals surface area contributed by atoms with Crippen LogP contribution in [0.2, 0.25) is 0 Å². The third-order valence-electron chi connectivity index (χ3n) is 6.97. The molecule has 4 aromatic carbocycles. The van der Waals surface area contributed by atoms with Crippen LogP contribution in [0.15, 0.2) is 93.0 Å². The van der Waals surface area contributed by atoms with Crippen molar-refractivity contribution in [2.75, 3.05) is 21.3 Å². The molecule has 1 heterocycles. The summed E-state index contributed by atoms with van der Waals surface area (Å²) in [5, 5.41) is -0.152. The van der Waals surface area contributed by atoms with Gasteiger partial charge in [-0.1, -0.05) is 48.0 Å². The maximum atomic E-state index is 14.6. The SMILES string of the molecule is COc1ccc(-c2oc3c(OCc4ccccc4)c(OC)c(OC)c(OC(C)C)c3c(=O)c2OS(=O)(=O)c2ccc(C)cc2)cc1. The highest BCUT2D eigenvalue weighted by Gasteiger charge is 2.33. The summed E-state index contributed by atoms with van der Waals surface area (Å²) in [6.45, 7) is 5.45. The monoisotopic (exact) mass is 646 g/mol. The van der Waals surface area contributed by atoms with Gasteiger partial charge in [0.15, 0.2) is 17.1 Å². The third-order valence-corrected chi connectivity index (χ3v) is 8.20. The van der Waals surface area contributed by atoms with Gasteiger partial charge >= 0.3 is 10.1 Å². The number of ether oxygens (including phenoxy) is 5. The van der Waals surface area contributed by atoms with Gasteiger partial charge in [-0.25, -0.2) is 0 Å². The number of benzene rings is 4. The Morgan fingerprint density at radius 3 is 1.96 bits per heavy atom. The van der Waals surface area contributed by atoms with Crippen LogP contribution in [-0.2, 0) is 16.7 Å². The molecule has 0 aliphatic carbocycles. The van der Waals surface area contributed by atoms with Gasteiger partial charge in [0.05, 0.1) is 27.4 Å². The highest BCUT2D eigenvalue weighted by atomic mass is 32.2. The quantitative estimate of drug-likeness (QED) is 0.132. The molecule has 0 aliphatic rings. The second kappa shape index (κ2) is 13.5. The predicted octanol–water partition coefficient (Wildman–Crippen LogP) is 6.93. The third kappa shape index (κ3) is 6.45. The van der Waals surface area contributed by atoms with Gasteiger partial charge in [-0.15, -0.1) is 0 Å². The van der Waals surface area contributed by atoms with E-state index in [0.717, 1.165) is 11.1 Å². The van der Waals surface area contributed by atoms with Gasteiger partial charge < -0.3 is 32.3 Å². The van der Waals surface area contributed by atoms with E-state index in [0.29, 0.717) is 11.3 Å². The van der Waals surface area contributed by atoms with E-state index < -0.39 is 27.4 Å². The van der Waals surface area contributed by atoms with Crippen LogP contribution in [0.4, 0.5) is 0 Å². The number of fused-ring (bicyclic) bond motifs is 1. The van der Waals surface area contributed by atoms with Gasteiger partial charge in [-0.3, -0.25) is 4.79 Å². The summed E-state index contributed by atoms with van der Waals surface area (Å²) < 4.78 is 68.3. The fourth-order valence-corrected chi connectivity index (χ4v) is 5.70. The summed E-state index contributed by atoms with van der Waals surface area (Å²) in [6, 6.07) is 22.0. The van der Waals surface area contributed by atoms with Crippen molar-refractivity contribution in [3.05, 3.63) is 100 Å². The molecule has 0 bridgehead atoms. The van der Waals surface area contributed by atoms with Crippen molar-refractivity contribution in [3.63, 3.8) is 0 Å². The lowest BCUT2D eigenvalue weighted by Gasteiger charge is -2.22. The zero-order valence-electron chi connectivity index (χ0n) is 26.3. The zero-order valence-corrected chi connectivity index (χ0v) is 27.1. The Labute approximate surface area is 267 Å². The standard InChI is InChI=1S/C35H34O10S/c1-21(2)43-30-27-28(36)32(45-46(37,38)26-18-12-22(3)13-19-26)29(24-14-16-25(39-4)17-15-24)44-31(27)35(34(41-6)33(30)40-5)42-20-23-10-8-7-9-11-23/h7-19,21H,20H2,1-6H3. The molecule has 0 amide bonds. The van der Waals surface area contributed by atoms with Crippen LogP contribution in [0.1, 0.15) is 25.0 Å². The highest BCUT2D eigenvalue weighted by Crippen LogP contribution is 2.52. The normalized spacial score (nSPS) is 11.4. The first-order valence-corrected chi connectivity index (χ1v) is 15.8. The number of hydrogen-bond donors (Lipinski definition) is 0. The van der Waals surface area contributed by atoms with Gasteiger partial charge in [0.1, 0.15) is 22.6 Å². The molecule has 0 radical (unpaired) electrons. The summed E-state index contributed by atoms with van der Waals surface area (Å²) >= 11 is 0. The van der Waals surface area contributed by atoms with E-state index in [9.17, 15) is 13.2 Å². The summed E-state index contributed by atoms with van der Waals surface area (Å²) in [5.74, 6) is -0.00293. The van der Waals surface area contributed by atoms with Crippen molar-refractivity contribution in [2.45, 2.75) is 38.4 Å². The largest absolute Gasteiger partial charge is 0.497 e. The Morgan fingerprint density at radius 2 is 1.37 bits per heavy atom. The van der Waals surface area contributed by atoms with E-state index in [1.165, 1.54) is 33.5 Å². The molecule has 0 unspecified atom stereocenters. The fourth-order valence-electron chi connectivity index (χ4n) is 4.76. The molecule has 0 N–H and O–H groups in total. The van der Waals surface area contributed by atoms with Gasteiger partial charge in [0.2, 0.25) is 28.4 Å². The smallest absolute Gasteiger partial charge is 0.339 e. The molecule has 1 aromatic heterocycles. The van der Waals surface area contributed by atoms with E-state index in [1.54, 1.807) is 50.2 Å². The Hall–Kier alpha value is -5.16. The molecular weight excluding hydrogens is 612 g/mol. The number of methoxy groups -OCH3 is 3. The Morgan fingerprint density at radius 1 is 0.739 bits per heavy atom. The zero-order chi connectivity index (χ0) is 33.0. The number of hydrogen-bond acceptors (Lipinski definition) is 10. The average molecular weight is 647 g/mol. The lowest BCUT2D eigenvalue weighted by molar-refractivity contribution is 0.225. The van der Waals surface area contributed by atoms with E-state index in [4.69, 9.17) is 32.3 Å². The molecular formula is C35H34O10S. The maximum Gasteiger partial charge on any atom is 0.339 e. The van der Waals surface area contributed by atoms with Crippen LogP contribution < -0.4 is 33.3 Å². The molecule has 0 spiro atoms. The second-order valence-electron chi connectivity index (χ2n) is 10.5. The van der Waals surface area contributed by atoms with Crippen molar-refractivity contribution in [2.24, 2.45) is 0 Å². The van der Waals surface area contributed by atoms with Crippen LogP contribution in [0.5, 0.6) is 34.5 Å². The molecule has 0 aliphatic heterocycles. The predicted molar refractivity (Wildman–Crippen MR) is 173 cm³/mol. The first-order chi connectivity index (χ1) is 22.1. The number of rotatable bonds is 12. The number of aryl methyl sites for hydroxylation is 1. The Kier molecular flexibility index (Phi) is 9.43. The van der Waals surface area contributed by atoms with Crippen LogP contribution in [0, 0.1) is 6.92 Å². The van der Waals surface area contributed by atoms with E-state index >= 15 is 0 Å². The van der Waals surface area contributed by atoms with Crippen LogP contribution in [-0.4, -0.2) is 35.9 Å². The second-order valence-corrected chi connectivity index (χ2v) is 12.1. The van der Waals surface area contributed by atoms with Crippen LogP contribution in [0.3, 0.4) is 0 Å². The van der Waals surface area contributed by atoms with Crippen molar-refractivity contribution in [1.82, 2.24) is 0 Å².